The third kappa shape index (κ3) is 4.03. The Hall–Kier alpha value is -2.54. The van der Waals surface area contributed by atoms with Crippen molar-refractivity contribution in [1.29, 1.82) is 5.26 Å². The van der Waals surface area contributed by atoms with E-state index in [9.17, 15) is 18.8 Å². The number of nitrogens with one attached hydrogen (secondary N) is 2. The average Bonchev–Trinajstić information content (AvgIpc) is 3.26. The lowest BCUT2D eigenvalue weighted by molar-refractivity contribution is 0.0662. The van der Waals surface area contributed by atoms with Crippen LogP contribution in [0.3, 0.4) is 0 Å². The van der Waals surface area contributed by atoms with E-state index in [1.807, 2.05) is 0 Å². The quantitative estimate of drug-likeness (QED) is 0.714. The smallest absolute Gasteiger partial charge is 0.296 e. The van der Waals surface area contributed by atoms with Crippen LogP contribution in [0.4, 0.5) is 19.7 Å². The van der Waals surface area contributed by atoms with Crippen LogP contribution in [0.2, 0.25) is 0 Å². The van der Waals surface area contributed by atoms with Crippen LogP contribution in [0.25, 0.3) is 0 Å². The van der Waals surface area contributed by atoms with E-state index < -0.39 is 18.4 Å². The SMILES string of the molecule is C[C@@H]1C[C@@H](C(F)F)n2nc(C(=O)Nc3sc4c(c3C#N)CC[C@@H](C(C)(C)C)C4)nc2N1. The Morgan fingerprint density at radius 3 is 2.81 bits per heavy atom. The van der Waals surface area contributed by atoms with Gasteiger partial charge in [-0.05, 0) is 49.5 Å². The van der Waals surface area contributed by atoms with E-state index in [4.69, 9.17) is 0 Å². The molecule has 0 fully saturated rings. The highest BCUT2D eigenvalue weighted by Crippen LogP contribution is 2.44. The Labute approximate surface area is 183 Å². The van der Waals surface area contributed by atoms with Gasteiger partial charge in [0, 0.05) is 10.9 Å². The molecule has 1 amide bonds. The van der Waals surface area contributed by atoms with Crippen molar-refractivity contribution in [3.63, 3.8) is 0 Å². The number of alkyl halides is 2. The Bertz CT molecular complexity index is 1050. The van der Waals surface area contributed by atoms with Crippen LogP contribution >= 0.6 is 11.3 Å². The molecule has 1 aliphatic heterocycles. The minimum atomic E-state index is -2.61. The van der Waals surface area contributed by atoms with Crippen molar-refractivity contribution in [2.75, 3.05) is 10.6 Å². The van der Waals surface area contributed by atoms with Gasteiger partial charge >= 0.3 is 0 Å². The second-order valence-electron chi connectivity index (χ2n) is 9.47. The number of fused-ring (bicyclic) bond motifs is 2. The number of anilines is 2. The molecule has 166 valence electrons. The van der Waals surface area contributed by atoms with E-state index in [-0.39, 0.29) is 29.7 Å². The van der Waals surface area contributed by atoms with E-state index in [1.54, 1.807) is 6.92 Å². The highest BCUT2D eigenvalue weighted by molar-refractivity contribution is 7.16. The number of rotatable bonds is 3. The van der Waals surface area contributed by atoms with Gasteiger partial charge in [0.15, 0.2) is 0 Å². The topological polar surface area (TPSA) is 95.6 Å². The summed E-state index contributed by atoms with van der Waals surface area (Å²) in [4.78, 5) is 18.1. The predicted octanol–water partition coefficient (Wildman–Crippen LogP) is 4.62. The molecule has 1 aliphatic carbocycles. The number of carbonyl (C=O) groups is 1. The number of nitrogens with zero attached hydrogens (tertiary/aromatic N) is 4. The number of nitriles is 1. The first kappa shape index (κ1) is 21.7. The predicted molar refractivity (Wildman–Crippen MR) is 115 cm³/mol. The number of halogens is 2. The number of amides is 1. The summed E-state index contributed by atoms with van der Waals surface area (Å²) in [5.74, 6) is -0.125. The van der Waals surface area contributed by atoms with Crippen LogP contribution in [0.15, 0.2) is 0 Å². The van der Waals surface area contributed by atoms with Crippen molar-refractivity contribution in [3.8, 4) is 6.07 Å². The van der Waals surface area contributed by atoms with Crippen LogP contribution in [0, 0.1) is 22.7 Å². The zero-order valence-electron chi connectivity index (χ0n) is 18.0. The highest BCUT2D eigenvalue weighted by Gasteiger charge is 2.35. The molecule has 31 heavy (non-hydrogen) atoms. The second kappa shape index (κ2) is 7.86. The molecule has 3 heterocycles. The molecule has 4 rings (SSSR count). The summed E-state index contributed by atoms with van der Waals surface area (Å²) >= 11 is 1.42. The molecule has 0 radical (unpaired) electrons. The van der Waals surface area contributed by atoms with E-state index >= 15 is 0 Å². The molecule has 0 spiro atoms. The number of aromatic nitrogens is 3. The highest BCUT2D eigenvalue weighted by atomic mass is 32.1. The van der Waals surface area contributed by atoms with Crippen molar-refractivity contribution in [3.05, 3.63) is 21.8 Å². The van der Waals surface area contributed by atoms with Gasteiger partial charge in [-0.3, -0.25) is 4.79 Å². The van der Waals surface area contributed by atoms with Crippen LogP contribution in [-0.4, -0.2) is 33.1 Å². The van der Waals surface area contributed by atoms with Gasteiger partial charge in [0.1, 0.15) is 17.1 Å². The van der Waals surface area contributed by atoms with Gasteiger partial charge in [0.25, 0.3) is 12.3 Å². The lowest BCUT2D eigenvalue weighted by Gasteiger charge is -2.33. The molecule has 3 atom stereocenters. The summed E-state index contributed by atoms with van der Waals surface area (Å²) in [5, 5.41) is 20.0. The molecule has 0 saturated heterocycles. The van der Waals surface area contributed by atoms with Gasteiger partial charge in [-0.25, -0.2) is 13.5 Å². The lowest BCUT2D eigenvalue weighted by atomic mass is 9.72. The monoisotopic (exact) mass is 448 g/mol. The molecule has 0 unspecified atom stereocenters. The van der Waals surface area contributed by atoms with Gasteiger partial charge in [0.2, 0.25) is 11.8 Å². The molecule has 0 saturated carbocycles. The maximum atomic E-state index is 13.4. The number of carbonyl (C=O) groups excluding carboxylic acids is 1. The van der Waals surface area contributed by atoms with Crippen molar-refractivity contribution >= 4 is 28.2 Å². The summed E-state index contributed by atoms with van der Waals surface area (Å²) in [5.41, 5.74) is 1.67. The Kier molecular flexibility index (Phi) is 5.50. The summed E-state index contributed by atoms with van der Waals surface area (Å²) in [7, 11) is 0. The summed E-state index contributed by atoms with van der Waals surface area (Å²) in [6, 6.07) is 0.905. The van der Waals surface area contributed by atoms with Crippen LogP contribution < -0.4 is 10.6 Å². The first-order valence-electron chi connectivity index (χ1n) is 10.5. The number of hydrogen-bond donors (Lipinski definition) is 2. The zero-order chi connectivity index (χ0) is 22.5. The molecule has 2 N–H and O–H groups in total. The van der Waals surface area contributed by atoms with Gasteiger partial charge < -0.3 is 10.6 Å². The Morgan fingerprint density at radius 1 is 1.42 bits per heavy atom. The average molecular weight is 449 g/mol. The summed E-state index contributed by atoms with van der Waals surface area (Å²) in [6.07, 6.45) is 0.277. The third-order valence-corrected chi connectivity index (χ3v) is 7.41. The molecule has 10 heteroatoms. The molecule has 2 aromatic rings. The minimum Gasteiger partial charge on any atom is -0.352 e. The van der Waals surface area contributed by atoms with Gasteiger partial charge in [-0.15, -0.1) is 16.4 Å². The number of thiophene rings is 1. The second-order valence-corrected chi connectivity index (χ2v) is 10.6. The van der Waals surface area contributed by atoms with Gasteiger partial charge in [-0.2, -0.15) is 10.2 Å². The fourth-order valence-corrected chi connectivity index (χ4v) is 5.66. The Morgan fingerprint density at radius 2 is 2.16 bits per heavy atom. The van der Waals surface area contributed by atoms with Crippen molar-refractivity contribution in [1.82, 2.24) is 14.8 Å². The summed E-state index contributed by atoms with van der Waals surface area (Å²) in [6.45, 7) is 8.45. The lowest BCUT2D eigenvalue weighted by Crippen LogP contribution is -2.33. The van der Waals surface area contributed by atoms with E-state index in [0.29, 0.717) is 16.5 Å². The van der Waals surface area contributed by atoms with Crippen LogP contribution in [0.1, 0.15) is 73.2 Å². The van der Waals surface area contributed by atoms with Crippen LogP contribution in [0.5, 0.6) is 0 Å². The Balaban J connectivity index is 1.59. The number of hydrogen-bond acceptors (Lipinski definition) is 6. The van der Waals surface area contributed by atoms with Crippen molar-refractivity contribution < 1.29 is 13.6 Å². The molecule has 0 bridgehead atoms. The first-order chi connectivity index (χ1) is 14.6. The molecule has 7 nitrogen and oxygen atoms in total. The third-order valence-electron chi connectivity index (χ3n) is 6.24. The van der Waals surface area contributed by atoms with E-state index in [0.717, 1.165) is 34.4 Å². The summed E-state index contributed by atoms with van der Waals surface area (Å²) < 4.78 is 27.9. The zero-order valence-corrected chi connectivity index (χ0v) is 18.8. The molecule has 2 aromatic heterocycles. The molecule has 0 aromatic carbocycles. The fourth-order valence-electron chi connectivity index (χ4n) is 4.39. The fraction of sp³-hybridized carbons (Fsp3) is 0.619. The molecule has 2 aliphatic rings. The minimum absolute atomic E-state index is 0.160. The maximum absolute atomic E-state index is 13.4. The van der Waals surface area contributed by atoms with Crippen molar-refractivity contribution in [2.24, 2.45) is 11.3 Å². The first-order valence-corrected chi connectivity index (χ1v) is 11.3. The standard InChI is InChI=1S/C21H26F2N6OS/c1-10-7-14(16(22)23)29-20(25-10)26-17(28-29)18(30)27-19-13(9-24)12-6-5-11(21(2,3)4)8-15(12)31-19/h10-11,14,16H,5-8H2,1-4H3,(H,27,30)(H,25,26,28)/t10-,11-,14+/m1/s1. The van der Waals surface area contributed by atoms with Crippen LogP contribution in [-0.2, 0) is 12.8 Å². The van der Waals surface area contributed by atoms with E-state index in [2.05, 4.69) is 47.6 Å². The maximum Gasteiger partial charge on any atom is 0.296 e. The van der Waals surface area contributed by atoms with Crippen molar-refractivity contribution in [2.45, 2.75) is 71.9 Å². The molecular formula is C21H26F2N6OS. The van der Waals surface area contributed by atoms with Gasteiger partial charge in [-0.1, -0.05) is 20.8 Å². The largest absolute Gasteiger partial charge is 0.352 e. The van der Waals surface area contributed by atoms with Gasteiger partial charge in [0.05, 0.1) is 5.56 Å². The van der Waals surface area contributed by atoms with E-state index in [1.165, 1.54) is 11.3 Å². The normalized spacial score (nSPS) is 23.0. The molecular weight excluding hydrogens is 422 g/mol.